The van der Waals surface area contributed by atoms with Crippen molar-refractivity contribution in [3.05, 3.63) is 35.9 Å². The number of primary amides is 1. The lowest BCUT2D eigenvalue weighted by Crippen LogP contribution is -2.63. The maximum Gasteiger partial charge on any atom is 0.326 e. The average molecular weight is 977 g/mol. The summed E-state index contributed by atoms with van der Waals surface area (Å²) in [6, 6.07) is -4.15. The Kier molecular flexibility index (Phi) is 26.1. The summed E-state index contributed by atoms with van der Waals surface area (Å²) in [6.07, 6.45) is -2.02. The SMILES string of the molecule is CC[C@H](C)[C@H](NC(=O)[C@@H](NC(=O)[C@H](CC(N)=O)NC(=O)[C@H](Cc1ccccc1)NC(=O)[C@H](CC(C)C)NC(=O)[C@@H](N)CO)[C@@H](C)O)C(=O)N[C@@H](C)C(=O)N[C@H](C(=O)N[C@@H](CC(C)C)C(=O)O)C(C)C. The van der Waals surface area contributed by atoms with E-state index < -0.39 is 144 Å². The summed E-state index contributed by atoms with van der Waals surface area (Å²) in [4.78, 5) is 132. The van der Waals surface area contributed by atoms with E-state index in [-0.39, 0.29) is 31.1 Å². The molecule has 11 atom stereocenters. The van der Waals surface area contributed by atoms with Crippen LogP contribution in [-0.2, 0) is 54.4 Å². The Morgan fingerprint density at radius 2 is 1.00 bits per heavy atom. The first-order chi connectivity index (χ1) is 32.1. The van der Waals surface area contributed by atoms with Crippen molar-refractivity contribution in [3.63, 3.8) is 0 Å². The number of aliphatic hydroxyl groups is 2. The maximum absolute atomic E-state index is 14.0. The lowest BCUT2D eigenvalue weighted by Gasteiger charge is -2.30. The molecular weight excluding hydrogens is 901 g/mol. The number of carbonyl (C=O) groups is 10. The van der Waals surface area contributed by atoms with Gasteiger partial charge in [0.2, 0.25) is 53.2 Å². The molecule has 0 saturated heterocycles. The number of hydrogen-bond acceptors (Lipinski definition) is 13. The van der Waals surface area contributed by atoms with Gasteiger partial charge in [0, 0.05) is 6.42 Å². The Hall–Kier alpha value is -6.20. The molecule has 0 aromatic heterocycles. The van der Waals surface area contributed by atoms with Gasteiger partial charge in [-0.25, -0.2) is 4.79 Å². The molecule has 0 spiro atoms. The van der Waals surface area contributed by atoms with Gasteiger partial charge in [0.1, 0.15) is 54.4 Å². The Bertz CT molecular complexity index is 1920. The molecule has 0 fully saturated rings. The van der Waals surface area contributed by atoms with Gasteiger partial charge in [0.05, 0.1) is 19.1 Å². The Morgan fingerprint density at radius 1 is 0.551 bits per heavy atom. The van der Waals surface area contributed by atoms with Crippen molar-refractivity contribution in [3.8, 4) is 0 Å². The van der Waals surface area contributed by atoms with Crippen LogP contribution in [0.2, 0.25) is 0 Å². The molecule has 23 nitrogen and oxygen atoms in total. The second kappa shape index (κ2) is 29.6. The number of amides is 9. The average Bonchev–Trinajstić information content (AvgIpc) is 3.26. The monoisotopic (exact) mass is 977 g/mol. The first-order valence-corrected chi connectivity index (χ1v) is 23.2. The number of carboxylic acids is 1. The molecule has 1 rings (SSSR count). The first kappa shape index (κ1) is 60.8. The van der Waals surface area contributed by atoms with Crippen LogP contribution in [0.15, 0.2) is 30.3 Å². The van der Waals surface area contributed by atoms with Crippen molar-refractivity contribution in [2.24, 2.45) is 35.1 Å². The van der Waals surface area contributed by atoms with Crippen LogP contribution in [0, 0.1) is 23.7 Å². The normalized spacial score (nSPS) is 16.1. The van der Waals surface area contributed by atoms with Gasteiger partial charge >= 0.3 is 5.97 Å². The maximum atomic E-state index is 14.0. The van der Waals surface area contributed by atoms with Crippen LogP contribution in [-0.4, -0.2) is 142 Å². The number of carbonyl (C=O) groups excluding carboxylic acids is 9. The minimum absolute atomic E-state index is 0.0602. The Labute approximate surface area is 403 Å². The zero-order chi connectivity index (χ0) is 52.9. The Morgan fingerprint density at radius 3 is 1.49 bits per heavy atom. The summed E-state index contributed by atoms with van der Waals surface area (Å²) in [5, 5.41) is 49.5. The van der Waals surface area contributed by atoms with Gasteiger partial charge in [-0.05, 0) is 55.9 Å². The number of aliphatic hydroxyl groups excluding tert-OH is 2. The van der Waals surface area contributed by atoms with Crippen molar-refractivity contribution >= 4 is 59.1 Å². The van der Waals surface area contributed by atoms with Crippen molar-refractivity contribution in [1.82, 2.24) is 42.5 Å². The van der Waals surface area contributed by atoms with Crippen molar-refractivity contribution in [2.45, 2.75) is 162 Å². The van der Waals surface area contributed by atoms with Crippen LogP contribution in [0.1, 0.15) is 100 Å². The molecule has 0 unspecified atom stereocenters. The van der Waals surface area contributed by atoms with Crippen LogP contribution >= 0.6 is 0 Å². The largest absolute Gasteiger partial charge is 0.480 e. The molecule has 69 heavy (non-hydrogen) atoms. The minimum Gasteiger partial charge on any atom is -0.480 e. The number of rotatable bonds is 30. The lowest BCUT2D eigenvalue weighted by atomic mass is 9.97. The fourth-order valence-electron chi connectivity index (χ4n) is 6.82. The van der Waals surface area contributed by atoms with E-state index in [1.165, 1.54) is 6.92 Å². The number of benzene rings is 1. The van der Waals surface area contributed by atoms with Gasteiger partial charge in [-0.1, -0.05) is 92.1 Å². The molecule has 0 aliphatic heterocycles. The highest BCUT2D eigenvalue weighted by Gasteiger charge is 2.37. The minimum atomic E-state index is -1.80. The molecule has 23 heteroatoms. The van der Waals surface area contributed by atoms with E-state index in [0.29, 0.717) is 12.0 Å². The number of nitrogens with two attached hydrogens (primary N) is 2. The molecule has 0 bridgehead atoms. The van der Waals surface area contributed by atoms with Gasteiger partial charge in [-0.15, -0.1) is 0 Å². The summed E-state index contributed by atoms with van der Waals surface area (Å²) in [5.41, 5.74) is 11.7. The summed E-state index contributed by atoms with van der Waals surface area (Å²) >= 11 is 0. The number of carboxylic acid groups (broad SMARTS) is 1. The molecule has 0 heterocycles. The van der Waals surface area contributed by atoms with Gasteiger partial charge in [0.15, 0.2) is 0 Å². The first-order valence-electron chi connectivity index (χ1n) is 23.2. The summed E-state index contributed by atoms with van der Waals surface area (Å²) in [7, 11) is 0. The molecule has 388 valence electrons. The van der Waals surface area contributed by atoms with Crippen LogP contribution < -0.4 is 54.0 Å². The predicted octanol–water partition coefficient (Wildman–Crippen LogP) is -2.42. The van der Waals surface area contributed by atoms with E-state index in [4.69, 9.17) is 11.5 Å². The second-order valence-corrected chi connectivity index (χ2v) is 18.6. The zero-order valence-corrected chi connectivity index (χ0v) is 41.3. The van der Waals surface area contributed by atoms with Gasteiger partial charge in [0.25, 0.3) is 0 Å². The smallest absolute Gasteiger partial charge is 0.326 e. The number of hydrogen-bond donors (Lipinski definition) is 13. The molecule has 0 aliphatic rings. The molecule has 0 aliphatic carbocycles. The fourth-order valence-corrected chi connectivity index (χ4v) is 6.82. The highest BCUT2D eigenvalue weighted by Crippen LogP contribution is 2.13. The predicted molar refractivity (Wildman–Crippen MR) is 253 cm³/mol. The molecule has 0 radical (unpaired) electrons. The quantitative estimate of drug-likeness (QED) is 0.0382. The highest BCUT2D eigenvalue weighted by molar-refractivity contribution is 5.99. The van der Waals surface area contributed by atoms with Gasteiger partial charge in [-0.3, -0.25) is 43.2 Å². The standard InChI is InChI=1S/C46H76N10O13/c1-11-25(8)36(44(66)49-26(9)38(60)54-35(24(6)7)43(65)53-33(46(68)69)18-23(4)5)55-45(67)37(27(10)58)56-42(64)32(20-34(48)59)52-41(63)31(19-28-15-13-12-14-16-28)51-40(62)30(17-22(2)3)50-39(61)29(47)21-57/h12-16,22-27,29-33,35-37,57-58H,11,17-21,47H2,1-10H3,(H2,48,59)(H,49,66)(H,50,61)(H,51,62)(H,52,63)(H,53,65)(H,54,60)(H,55,67)(H,56,64)(H,68,69)/t25-,26-,27+,29-,30-,31-,32-,33-,35-,36-,37-/m0/s1. The molecule has 0 saturated carbocycles. The summed E-state index contributed by atoms with van der Waals surface area (Å²) in [5.74, 6) is -10.8. The zero-order valence-electron chi connectivity index (χ0n) is 41.3. The van der Waals surface area contributed by atoms with E-state index in [1.54, 1.807) is 85.7 Å². The van der Waals surface area contributed by atoms with Crippen molar-refractivity contribution in [2.75, 3.05) is 6.61 Å². The van der Waals surface area contributed by atoms with E-state index in [9.17, 15) is 63.3 Å². The van der Waals surface area contributed by atoms with E-state index >= 15 is 0 Å². The van der Waals surface area contributed by atoms with Gasteiger partial charge in [-0.2, -0.15) is 0 Å². The number of nitrogens with one attached hydrogen (secondary N) is 8. The molecule has 9 amide bonds. The van der Waals surface area contributed by atoms with Crippen molar-refractivity contribution < 1.29 is 63.3 Å². The van der Waals surface area contributed by atoms with Crippen LogP contribution in [0.25, 0.3) is 0 Å². The molecule has 15 N–H and O–H groups in total. The van der Waals surface area contributed by atoms with Gasteiger partial charge < -0.3 is 69.3 Å². The topological polar surface area (TPSA) is 380 Å². The third-order valence-corrected chi connectivity index (χ3v) is 11.0. The third-order valence-electron chi connectivity index (χ3n) is 11.0. The second-order valence-electron chi connectivity index (χ2n) is 18.6. The summed E-state index contributed by atoms with van der Waals surface area (Å²) in [6.45, 7) is 15.5. The Balaban J connectivity index is 3.36. The van der Waals surface area contributed by atoms with Crippen LogP contribution in [0.5, 0.6) is 0 Å². The molecular formula is C46H76N10O13. The fraction of sp³-hybridized carbons (Fsp3) is 0.652. The van der Waals surface area contributed by atoms with E-state index in [1.807, 2.05) is 0 Å². The highest BCUT2D eigenvalue weighted by atomic mass is 16.4. The lowest BCUT2D eigenvalue weighted by molar-refractivity contribution is -0.143. The molecule has 1 aromatic carbocycles. The van der Waals surface area contributed by atoms with Crippen molar-refractivity contribution in [1.29, 1.82) is 0 Å². The van der Waals surface area contributed by atoms with Crippen LogP contribution in [0.4, 0.5) is 0 Å². The number of aliphatic carboxylic acids is 1. The van der Waals surface area contributed by atoms with E-state index in [0.717, 1.165) is 6.92 Å². The van der Waals surface area contributed by atoms with Crippen LogP contribution in [0.3, 0.4) is 0 Å². The third kappa shape index (κ3) is 21.3. The molecule has 1 aromatic rings. The van der Waals surface area contributed by atoms with E-state index in [2.05, 4.69) is 42.5 Å². The summed E-state index contributed by atoms with van der Waals surface area (Å²) < 4.78 is 0.